The molecule has 0 unspecified atom stereocenters. The molecule has 2 fully saturated rings. The number of nitrogens with zero attached hydrogens (tertiary/aromatic N) is 4. The SMILES string of the molecule is O=C(CCc1nc(-c2ccco2)no1)N1CCN(CC2CCCCC2)CC1. The van der Waals surface area contributed by atoms with E-state index in [0.29, 0.717) is 30.3 Å². The van der Waals surface area contributed by atoms with Gasteiger partial charge in [0, 0.05) is 45.6 Å². The molecule has 0 radical (unpaired) electrons. The highest BCUT2D eigenvalue weighted by atomic mass is 16.5. The second kappa shape index (κ2) is 8.69. The lowest BCUT2D eigenvalue weighted by Crippen LogP contribution is -2.49. The molecule has 0 aromatic carbocycles. The largest absolute Gasteiger partial charge is 0.461 e. The fourth-order valence-corrected chi connectivity index (χ4v) is 4.15. The summed E-state index contributed by atoms with van der Waals surface area (Å²) in [6, 6.07) is 3.56. The number of rotatable bonds is 6. The van der Waals surface area contributed by atoms with Crippen molar-refractivity contribution in [1.29, 1.82) is 0 Å². The van der Waals surface area contributed by atoms with Gasteiger partial charge >= 0.3 is 0 Å². The number of aromatic nitrogens is 2. The molecule has 1 aliphatic heterocycles. The van der Waals surface area contributed by atoms with Gasteiger partial charge in [-0.1, -0.05) is 24.4 Å². The number of piperazine rings is 1. The van der Waals surface area contributed by atoms with E-state index in [2.05, 4.69) is 15.0 Å². The van der Waals surface area contributed by atoms with Crippen molar-refractivity contribution in [3.8, 4) is 11.6 Å². The summed E-state index contributed by atoms with van der Waals surface area (Å²) in [6.07, 6.45) is 9.38. The summed E-state index contributed by atoms with van der Waals surface area (Å²) < 4.78 is 10.5. The minimum Gasteiger partial charge on any atom is -0.461 e. The van der Waals surface area contributed by atoms with E-state index in [9.17, 15) is 4.79 Å². The lowest BCUT2D eigenvalue weighted by atomic mass is 9.89. The highest BCUT2D eigenvalue weighted by molar-refractivity contribution is 5.76. The maximum absolute atomic E-state index is 12.5. The highest BCUT2D eigenvalue weighted by Crippen LogP contribution is 2.24. The van der Waals surface area contributed by atoms with E-state index in [1.807, 2.05) is 4.90 Å². The first kappa shape index (κ1) is 18.2. The van der Waals surface area contributed by atoms with Gasteiger partial charge < -0.3 is 13.8 Å². The van der Waals surface area contributed by atoms with Crippen LogP contribution in [0.3, 0.4) is 0 Å². The normalized spacial score (nSPS) is 19.5. The summed E-state index contributed by atoms with van der Waals surface area (Å²) >= 11 is 0. The Morgan fingerprint density at radius 3 is 2.70 bits per heavy atom. The van der Waals surface area contributed by atoms with Crippen LogP contribution in [0.4, 0.5) is 0 Å². The fraction of sp³-hybridized carbons (Fsp3) is 0.650. The predicted octanol–water partition coefficient (Wildman–Crippen LogP) is 2.99. The Morgan fingerprint density at radius 2 is 1.96 bits per heavy atom. The molecule has 0 bridgehead atoms. The Morgan fingerprint density at radius 1 is 1.15 bits per heavy atom. The summed E-state index contributed by atoms with van der Waals surface area (Å²) in [5.74, 6) is 2.52. The third-order valence-corrected chi connectivity index (χ3v) is 5.73. The Balaban J connectivity index is 1.19. The standard InChI is InChI=1S/C20H28N4O3/c25-19(9-8-18-21-20(22-27-18)17-7-4-14-26-17)24-12-10-23(11-13-24)15-16-5-2-1-3-6-16/h4,7,14,16H,1-3,5-6,8-13,15H2. The van der Waals surface area contributed by atoms with Crippen molar-refractivity contribution in [2.45, 2.75) is 44.9 Å². The molecule has 0 spiro atoms. The monoisotopic (exact) mass is 372 g/mol. The molecule has 1 saturated heterocycles. The number of carbonyl (C=O) groups excluding carboxylic acids is 1. The quantitative estimate of drug-likeness (QED) is 0.776. The lowest BCUT2D eigenvalue weighted by molar-refractivity contribution is -0.133. The van der Waals surface area contributed by atoms with Gasteiger partial charge in [0.2, 0.25) is 17.6 Å². The number of amides is 1. The third-order valence-electron chi connectivity index (χ3n) is 5.73. The van der Waals surface area contributed by atoms with E-state index in [1.54, 1.807) is 18.4 Å². The smallest absolute Gasteiger partial charge is 0.238 e. The second-order valence-electron chi connectivity index (χ2n) is 7.67. The van der Waals surface area contributed by atoms with Crippen LogP contribution in [0.25, 0.3) is 11.6 Å². The number of hydrogen-bond donors (Lipinski definition) is 0. The van der Waals surface area contributed by atoms with Gasteiger partial charge in [-0.3, -0.25) is 9.69 Å². The van der Waals surface area contributed by atoms with Crippen molar-refractivity contribution in [2.24, 2.45) is 5.92 Å². The zero-order chi connectivity index (χ0) is 18.5. The zero-order valence-electron chi connectivity index (χ0n) is 15.8. The first-order chi connectivity index (χ1) is 13.3. The molecule has 1 saturated carbocycles. The van der Waals surface area contributed by atoms with Crippen LogP contribution >= 0.6 is 0 Å². The van der Waals surface area contributed by atoms with Gasteiger partial charge in [-0.25, -0.2) is 0 Å². The Bertz CT molecular complexity index is 713. The molecule has 2 aliphatic rings. The van der Waals surface area contributed by atoms with E-state index >= 15 is 0 Å². The Hall–Kier alpha value is -2.15. The van der Waals surface area contributed by atoms with E-state index in [0.717, 1.165) is 32.1 Å². The Kier molecular flexibility index (Phi) is 5.87. The van der Waals surface area contributed by atoms with Crippen molar-refractivity contribution in [2.75, 3.05) is 32.7 Å². The van der Waals surface area contributed by atoms with Crippen LogP contribution in [0.2, 0.25) is 0 Å². The van der Waals surface area contributed by atoms with Crippen molar-refractivity contribution < 1.29 is 13.7 Å². The molecule has 7 nitrogen and oxygen atoms in total. The molecule has 0 N–H and O–H groups in total. The summed E-state index contributed by atoms with van der Waals surface area (Å²) in [6.45, 7) is 4.84. The average Bonchev–Trinajstić information content (AvgIpc) is 3.39. The molecule has 1 aliphatic carbocycles. The van der Waals surface area contributed by atoms with Gasteiger partial charge in [0.05, 0.1) is 6.26 Å². The molecule has 27 heavy (non-hydrogen) atoms. The predicted molar refractivity (Wildman–Crippen MR) is 99.9 cm³/mol. The molecule has 4 rings (SSSR count). The van der Waals surface area contributed by atoms with Gasteiger partial charge in [-0.05, 0) is 30.9 Å². The summed E-state index contributed by atoms with van der Waals surface area (Å²) in [5.41, 5.74) is 0. The molecular formula is C20H28N4O3. The number of aryl methyl sites for hydroxylation is 1. The first-order valence-corrected chi connectivity index (χ1v) is 10.1. The second-order valence-corrected chi connectivity index (χ2v) is 7.67. The van der Waals surface area contributed by atoms with Crippen LogP contribution in [0.5, 0.6) is 0 Å². The fourth-order valence-electron chi connectivity index (χ4n) is 4.15. The Labute approximate surface area is 159 Å². The maximum atomic E-state index is 12.5. The first-order valence-electron chi connectivity index (χ1n) is 10.1. The topological polar surface area (TPSA) is 75.6 Å². The van der Waals surface area contributed by atoms with Crippen LogP contribution in [0.15, 0.2) is 27.3 Å². The van der Waals surface area contributed by atoms with Gasteiger partial charge in [-0.15, -0.1) is 0 Å². The molecular weight excluding hydrogens is 344 g/mol. The van der Waals surface area contributed by atoms with E-state index in [-0.39, 0.29) is 5.91 Å². The number of furan rings is 1. The van der Waals surface area contributed by atoms with Crippen LogP contribution in [0, 0.1) is 5.92 Å². The summed E-state index contributed by atoms with van der Waals surface area (Å²) in [5, 5.41) is 3.90. The lowest BCUT2D eigenvalue weighted by Gasteiger charge is -2.37. The molecule has 2 aromatic rings. The van der Waals surface area contributed by atoms with Crippen LogP contribution in [-0.4, -0.2) is 58.6 Å². The van der Waals surface area contributed by atoms with Crippen molar-refractivity contribution in [3.63, 3.8) is 0 Å². The average molecular weight is 372 g/mol. The molecule has 2 aromatic heterocycles. The summed E-state index contributed by atoms with van der Waals surface area (Å²) in [7, 11) is 0. The number of carbonyl (C=O) groups is 1. The molecule has 1 amide bonds. The van der Waals surface area contributed by atoms with Gasteiger partial charge in [-0.2, -0.15) is 4.98 Å². The van der Waals surface area contributed by atoms with Crippen molar-refractivity contribution in [3.05, 3.63) is 24.3 Å². The van der Waals surface area contributed by atoms with Gasteiger partial charge in [0.15, 0.2) is 5.76 Å². The van der Waals surface area contributed by atoms with E-state index < -0.39 is 0 Å². The van der Waals surface area contributed by atoms with Gasteiger partial charge in [0.1, 0.15) is 0 Å². The maximum Gasteiger partial charge on any atom is 0.238 e. The zero-order valence-corrected chi connectivity index (χ0v) is 15.8. The van der Waals surface area contributed by atoms with E-state index in [4.69, 9.17) is 8.94 Å². The highest BCUT2D eigenvalue weighted by Gasteiger charge is 2.24. The number of hydrogen-bond acceptors (Lipinski definition) is 6. The minimum atomic E-state index is 0.171. The van der Waals surface area contributed by atoms with Crippen molar-refractivity contribution >= 4 is 5.91 Å². The third kappa shape index (κ3) is 4.77. The van der Waals surface area contributed by atoms with Crippen LogP contribution < -0.4 is 0 Å². The van der Waals surface area contributed by atoms with E-state index in [1.165, 1.54) is 38.6 Å². The molecule has 7 heteroatoms. The molecule has 146 valence electrons. The summed E-state index contributed by atoms with van der Waals surface area (Å²) in [4.78, 5) is 21.3. The minimum absolute atomic E-state index is 0.171. The van der Waals surface area contributed by atoms with Crippen molar-refractivity contribution in [1.82, 2.24) is 19.9 Å². The van der Waals surface area contributed by atoms with Gasteiger partial charge in [0.25, 0.3) is 0 Å². The van der Waals surface area contributed by atoms with Crippen LogP contribution in [-0.2, 0) is 11.2 Å². The van der Waals surface area contributed by atoms with Crippen LogP contribution in [0.1, 0.15) is 44.4 Å². The molecule has 3 heterocycles. The molecule has 0 atom stereocenters.